The molecular formula is C13H17ClN2O4. The Balaban J connectivity index is 3.07. The molecule has 0 aliphatic carbocycles. The van der Waals surface area contributed by atoms with Gasteiger partial charge in [-0.1, -0.05) is 6.07 Å². The standard InChI is InChI=1S/C13H17ClN2O4/c1-3-20-12-10(5-4-6-11(12)16(18)19)13(17)15-9(2)7-8-14/h4-6,9H,3,7-8H2,1-2H3,(H,15,17). The molecule has 0 fully saturated rings. The number of rotatable bonds is 7. The second-order valence-corrected chi connectivity index (χ2v) is 4.57. The lowest BCUT2D eigenvalue weighted by molar-refractivity contribution is -0.385. The molecule has 7 heteroatoms. The van der Waals surface area contributed by atoms with Gasteiger partial charge in [0.15, 0.2) is 0 Å². The number of halogens is 1. The number of hydrogen-bond acceptors (Lipinski definition) is 4. The fourth-order valence-corrected chi connectivity index (χ4v) is 2.01. The minimum absolute atomic E-state index is 0.00410. The largest absolute Gasteiger partial charge is 0.487 e. The third-order valence-electron chi connectivity index (χ3n) is 2.64. The van der Waals surface area contributed by atoms with E-state index in [-0.39, 0.29) is 29.6 Å². The summed E-state index contributed by atoms with van der Waals surface area (Å²) in [6.07, 6.45) is 0.617. The Morgan fingerprint density at radius 2 is 2.25 bits per heavy atom. The minimum atomic E-state index is -0.566. The molecule has 0 aliphatic rings. The first-order valence-electron chi connectivity index (χ1n) is 6.28. The number of carbonyl (C=O) groups is 1. The van der Waals surface area contributed by atoms with Gasteiger partial charge in [0.2, 0.25) is 5.75 Å². The van der Waals surface area contributed by atoms with Crippen molar-refractivity contribution in [1.29, 1.82) is 0 Å². The summed E-state index contributed by atoms with van der Waals surface area (Å²) in [7, 11) is 0. The summed E-state index contributed by atoms with van der Waals surface area (Å²) >= 11 is 5.61. The predicted molar refractivity (Wildman–Crippen MR) is 76.5 cm³/mol. The van der Waals surface area contributed by atoms with Crippen molar-refractivity contribution in [1.82, 2.24) is 5.32 Å². The molecule has 0 radical (unpaired) electrons. The number of para-hydroxylation sites is 1. The highest BCUT2D eigenvalue weighted by molar-refractivity contribution is 6.17. The summed E-state index contributed by atoms with van der Waals surface area (Å²) in [5.74, 6) is 0.0136. The van der Waals surface area contributed by atoms with Gasteiger partial charge in [0, 0.05) is 18.0 Å². The van der Waals surface area contributed by atoms with E-state index in [1.54, 1.807) is 6.92 Å². The van der Waals surface area contributed by atoms with Gasteiger partial charge >= 0.3 is 5.69 Å². The Bertz CT molecular complexity index is 493. The third-order valence-corrected chi connectivity index (χ3v) is 2.86. The molecule has 0 aliphatic heterocycles. The number of alkyl halides is 1. The molecule has 110 valence electrons. The van der Waals surface area contributed by atoms with Crippen molar-refractivity contribution < 1.29 is 14.5 Å². The van der Waals surface area contributed by atoms with Gasteiger partial charge in [0.25, 0.3) is 5.91 Å². The molecule has 6 nitrogen and oxygen atoms in total. The Morgan fingerprint density at radius 3 is 2.80 bits per heavy atom. The second kappa shape index (κ2) is 7.69. The number of nitro benzene ring substituents is 1. The normalized spacial score (nSPS) is 11.8. The number of nitrogens with one attached hydrogen (secondary N) is 1. The van der Waals surface area contributed by atoms with E-state index in [0.29, 0.717) is 12.3 Å². The highest BCUT2D eigenvalue weighted by Gasteiger charge is 2.23. The van der Waals surface area contributed by atoms with Gasteiger partial charge in [-0.25, -0.2) is 0 Å². The lowest BCUT2D eigenvalue weighted by atomic mass is 10.1. The number of amides is 1. The van der Waals surface area contributed by atoms with Crippen molar-refractivity contribution >= 4 is 23.2 Å². The summed E-state index contributed by atoms with van der Waals surface area (Å²) in [5, 5.41) is 13.7. The summed E-state index contributed by atoms with van der Waals surface area (Å²) < 4.78 is 5.26. The first-order chi connectivity index (χ1) is 9.51. The molecule has 0 bridgehead atoms. The number of benzene rings is 1. The third kappa shape index (κ3) is 4.09. The van der Waals surface area contributed by atoms with E-state index in [1.807, 2.05) is 6.92 Å². The number of hydrogen-bond donors (Lipinski definition) is 1. The van der Waals surface area contributed by atoms with Crippen molar-refractivity contribution in [2.75, 3.05) is 12.5 Å². The average Bonchev–Trinajstić information content (AvgIpc) is 2.39. The van der Waals surface area contributed by atoms with Gasteiger partial charge in [-0.05, 0) is 26.3 Å². The number of nitrogens with zero attached hydrogens (tertiary/aromatic N) is 1. The first kappa shape index (κ1) is 16.2. The van der Waals surface area contributed by atoms with Crippen LogP contribution in [0, 0.1) is 10.1 Å². The zero-order chi connectivity index (χ0) is 15.1. The highest BCUT2D eigenvalue weighted by Crippen LogP contribution is 2.30. The van der Waals surface area contributed by atoms with Gasteiger partial charge in [-0.15, -0.1) is 11.6 Å². The molecular weight excluding hydrogens is 284 g/mol. The van der Waals surface area contributed by atoms with Gasteiger partial charge in [0.05, 0.1) is 17.1 Å². The molecule has 0 saturated carbocycles. The Hall–Kier alpha value is -1.82. The molecule has 20 heavy (non-hydrogen) atoms. The molecule has 1 aromatic carbocycles. The van der Waals surface area contributed by atoms with Gasteiger partial charge in [-0.3, -0.25) is 14.9 Å². The maximum absolute atomic E-state index is 12.1. The zero-order valence-corrected chi connectivity index (χ0v) is 12.1. The van der Waals surface area contributed by atoms with Crippen LogP contribution in [0.15, 0.2) is 18.2 Å². The second-order valence-electron chi connectivity index (χ2n) is 4.20. The van der Waals surface area contributed by atoms with Crippen LogP contribution >= 0.6 is 11.6 Å². The van der Waals surface area contributed by atoms with Gasteiger partial charge in [-0.2, -0.15) is 0 Å². The SMILES string of the molecule is CCOc1c(C(=O)NC(C)CCCl)cccc1[N+](=O)[O-]. The van der Waals surface area contributed by atoms with Crippen LogP contribution in [0.3, 0.4) is 0 Å². The van der Waals surface area contributed by atoms with Gasteiger partial charge < -0.3 is 10.1 Å². The van der Waals surface area contributed by atoms with Crippen LogP contribution in [-0.2, 0) is 0 Å². The lowest BCUT2D eigenvalue weighted by Gasteiger charge is -2.14. The molecule has 1 rings (SSSR count). The maximum Gasteiger partial charge on any atom is 0.311 e. The van der Waals surface area contributed by atoms with Crippen LogP contribution < -0.4 is 10.1 Å². The topological polar surface area (TPSA) is 81.5 Å². The highest BCUT2D eigenvalue weighted by atomic mass is 35.5. The fourth-order valence-electron chi connectivity index (χ4n) is 1.68. The maximum atomic E-state index is 12.1. The van der Waals surface area contributed by atoms with Crippen molar-refractivity contribution in [2.24, 2.45) is 0 Å². The van der Waals surface area contributed by atoms with E-state index in [9.17, 15) is 14.9 Å². The van der Waals surface area contributed by atoms with E-state index < -0.39 is 10.8 Å². The molecule has 1 atom stereocenters. The number of nitro groups is 1. The molecule has 1 unspecified atom stereocenters. The molecule has 0 aromatic heterocycles. The van der Waals surface area contributed by atoms with Crippen molar-refractivity contribution in [3.63, 3.8) is 0 Å². The monoisotopic (exact) mass is 300 g/mol. The van der Waals surface area contributed by atoms with Crippen molar-refractivity contribution in [3.05, 3.63) is 33.9 Å². The number of carbonyl (C=O) groups excluding carboxylic acids is 1. The summed E-state index contributed by atoms with van der Waals surface area (Å²) in [4.78, 5) is 22.6. The fraction of sp³-hybridized carbons (Fsp3) is 0.462. The summed E-state index contributed by atoms with van der Waals surface area (Å²) in [6.45, 7) is 3.76. The zero-order valence-electron chi connectivity index (χ0n) is 11.4. The summed E-state index contributed by atoms with van der Waals surface area (Å²) in [5.41, 5.74) is -0.0630. The Kier molecular flexibility index (Phi) is 6.24. The molecule has 0 heterocycles. The Labute approximate surface area is 122 Å². The van der Waals surface area contributed by atoms with Gasteiger partial charge in [0.1, 0.15) is 0 Å². The molecule has 1 amide bonds. The average molecular weight is 301 g/mol. The predicted octanol–water partition coefficient (Wildman–Crippen LogP) is 2.74. The quantitative estimate of drug-likeness (QED) is 0.477. The number of ether oxygens (including phenoxy) is 1. The Morgan fingerprint density at radius 1 is 1.55 bits per heavy atom. The lowest BCUT2D eigenvalue weighted by Crippen LogP contribution is -2.33. The van der Waals surface area contributed by atoms with E-state index >= 15 is 0 Å². The van der Waals surface area contributed by atoms with Crippen LogP contribution in [0.1, 0.15) is 30.6 Å². The van der Waals surface area contributed by atoms with Crippen LogP contribution in [0.4, 0.5) is 5.69 Å². The minimum Gasteiger partial charge on any atom is -0.487 e. The summed E-state index contributed by atoms with van der Waals surface area (Å²) in [6, 6.07) is 4.15. The molecule has 0 spiro atoms. The molecule has 1 N–H and O–H groups in total. The van der Waals surface area contributed by atoms with Crippen molar-refractivity contribution in [2.45, 2.75) is 26.3 Å². The van der Waals surface area contributed by atoms with Crippen LogP contribution in [0.25, 0.3) is 0 Å². The van der Waals surface area contributed by atoms with Crippen molar-refractivity contribution in [3.8, 4) is 5.75 Å². The van der Waals surface area contributed by atoms with Crippen LogP contribution in [-0.4, -0.2) is 29.4 Å². The van der Waals surface area contributed by atoms with E-state index in [2.05, 4.69) is 5.32 Å². The first-order valence-corrected chi connectivity index (χ1v) is 6.81. The smallest absolute Gasteiger partial charge is 0.311 e. The molecule has 1 aromatic rings. The van der Waals surface area contributed by atoms with E-state index in [0.717, 1.165) is 0 Å². The van der Waals surface area contributed by atoms with Crippen LogP contribution in [0.5, 0.6) is 5.75 Å². The van der Waals surface area contributed by atoms with E-state index in [4.69, 9.17) is 16.3 Å². The van der Waals surface area contributed by atoms with E-state index in [1.165, 1.54) is 18.2 Å². The molecule has 0 saturated heterocycles. The van der Waals surface area contributed by atoms with Crippen LogP contribution in [0.2, 0.25) is 0 Å².